The van der Waals surface area contributed by atoms with Crippen molar-refractivity contribution in [1.82, 2.24) is 10.2 Å². The number of rotatable bonds is 5. The average molecular weight is 301 g/mol. The second-order valence-electron chi connectivity index (χ2n) is 5.71. The molecule has 0 amide bonds. The third-order valence-corrected chi connectivity index (χ3v) is 4.28. The highest BCUT2D eigenvalue weighted by Crippen LogP contribution is 2.14. The molecule has 21 heavy (non-hydrogen) atoms. The maximum atomic E-state index is 5.91. The molecule has 1 aliphatic heterocycles. The number of hydrogen-bond donors (Lipinski definition) is 1. The van der Waals surface area contributed by atoms with Gasteiger partial charge in [0.25, 0.3) is 0 Å². The van der Waals surface area contributed by atoms with E-state index in [0.717, 1.165) is 24.7 Å². The van der Waals surface area contributed by atoms with Gasteiger partial charge in [-0.15, -0.1) is 0 Å². The van der Waals surface area contributed by atoms with Crippen LogP contribution in [0.2, 0.25) is 5.02 Å². The summed E-state index contributed by atoms with van der Waals surface area (Å²) in [5.41, 5.74) is 2.69. The van der Waals surface area contributed by atoms with Crippen LogP contribution < -0.4 is 5.32 Å². The maximum absolute atomic E-state index is 5.91. The lowest BCUT2D eigenvalue weighted by Crippen LogP contribution is -2.31. The average Bonchev–Trinajstić information content (AvgIpc) is 2.95. The molecule has 2 aromatic carbocycles. The van der Waals surface area contributed by atoms with Gasteiger partial charge in [0.05, 0.1) is 0 Å². The summed E-state index contributed by atoms with van der Waals surface area (Å²) >= 11 is 5.91. The van der Waals surface area contributed by atoms with Crippen molar-refractivity contribution in [3.8, 4) is 0 Å². The zero-order valence-corrected chi connectivity index (χ0v) is 12.9. The molecular formula is C18H21ClN2. The molecule has 1 atom stereocenters. The smallest absolute Gasteiger partial charge is 0.0406 e. The Kier molecular flexibility index (Phi) is 4.91. The second kappa shape index (κ2) is 7.08. The van der Waals surface area contributed by atoms with Gasteiger partial charge < -0.3 is 5.32 Å². The first-order valence-corrected chi connectivity index (χ1v) is 7.91. The molecule has 0 radical (unpaired) electrons. The van der Waals surface area contributed by atoms with Crippen LogP contribution >= 0.6 is 11.6 Å². The topological polar surface area (TPSA) is 15.3 Å². The van der Waals surface area contributed by atoms with Crippen LogP contribution in [-0.2, 0) is 13.1 Å². The molecule has 0 spiro atoms. The number of nitrogens with one attached hydrogen (secondary N) is 1. The summed E-state index contributed by atoms with van der Waals surface area (Å²) in [6.07, 6.45) is 1.22. The van der Waals surface area contributed by atoms with Crippen LogP contribution in [0.3, 0.4) is 0 Å². The molecule has 1 fully saturated rings. The van der Waals surface area contributed by atoms with Gasteiger partial charge in [-0.1, -0.05) is 54.1 Å². The summed E-state index contributed by atoms with van der Waals surface area (Å²) in [5, 5.41) is 4.45. The monoisotopic (exact) mass is 300 g/mol. The molecule has 1 aliphatic rings. The third-order valence-electron chi connectivity index (χ3n) is 4.03. The molecule has 1 N–H and O–H groups in total. The van der Waals surface area contributed by atoms with E-state index in [4.69, 9.17) is 11.6 Å². The molecule has 2 nitrogen and oxygen atoms in total. The van der Waals surface area contributed by atoms with Crippen molar-refractivity contribution in [3.63, 3.8) is 0 Å². The van der Waals surface area contributed by atoms with E-state index >= 15 is 0 Å². The van der Waals surface area contributed by atoms with Gasteiger partial charge >= 0.3 is 0 Å². The van der Waals surface area contributed by atoms with Gasteiger partial charge in [-0.05, 0) is 29.7 Å². The molecule has 0 bridgehead atoms. The Labute approximate surface area is 131 Å². The zero-order chi connectivity index (χ0) is 14.5. The predicted octanol–water partition coefficient (Wildman–Crippen LogP) is 3.70. The van der Waals surface area contributed by atoms with E-state index in [1.54, 1.807) is 0 Å². The molecule has 2 aromatic rings. The minimum absolute atomic E-state index is 0.587. The number of likely N-dealkylation sites (tertiary alicyclic amines) is 1. The first kappa shape index (κ1) is 14.6. The Morgan fingerprint density at radius 1 is 1.00 bits per heavy atom. The summed E-state index contributed by atoms with van der Waals surface area (Å²) in [6.45, 7) is 4.27. The van der Waals surface area contributed by atoms with Gasteiger partial charge in [0, 0.05) is 37.2 Å². The standard InChI is InChI=1S/C18H21ClN2/c19-17-8-6-15(7-9-17)12-20-18-10-11-21(14-18)13-16-4-2-1-3-5-16/h1-9,18,20H,10-14H2/t18-/m0/s1. The van der Waals surface area contributed by atoms with Crippen molar-refractivity contribution < 1.29 is 0 Å². The Bertz CT molecular complexity index is 553. The summed E-state index contributed by atoms with van der Waals surface area (Å²) in [7, 11) is 0. The molecule has 0 saturated carbocycles. The highest BCUT2D eigenvalue weighted by Gasteiger charge is 2.21. The van der Waals surface area contributed by atoms with Crippen molar-refractivity contribution in [1.29, 1.82) is 0 Å². The first-order chi connectivity index (χ1) is 10.3. The normalized spacial score (nSPS) is 19.0. The Hall–Kier alpha value is -1.35. The highest BCUT2D eigenvalue weighted by atomic mass is 35.5. The van der Waals surface area contributed by atoms with E-state index in [0.29, 0.717) is 6.04 Å². The minimum atomic E-state index is 0.587. The summed E-state index contributed by atoms with van der Waals surface area (Å²) in [4.78, 5) is 2.52. The molecule has 0 unspecified atom stereocenters. The number of hydrogen-bond acceptors (Lipinski definition) is 2. The third kappa shape index (κ3) is 4.31. The molecule has 1 saturated heterocycles. The van der Waals surface area contributed by atoms with Crippen LogP contribution in [0.5, 0.6) is 0 Å². The lowest BCUT2D eigenvalue weighted by Gasteiger charge is -2.17. The van der Waals surface area contributed by atoms with Crippen LogP contribution in [-0.4, -0.2) is 24.0 Å². The number of nitrogens with zero attached hydrogens (tertiary/aromatic N) is 1. The van der Waals surface area contributed by atoms with Crippen LogP contribution in [0.1, 0.15) is 17.5 Å². The van der Waals surface area contributed by atoms with Crippen LogP contribution in [0, 0.1) is 0 Å². The van der Waals surface area contributed by atoms with Crippen molar-refractivity contribution in [2.45, 2.75) is 25.6 Å². The van der Waals surface area contributed by atoms with Crippen molar-refractivity contribution in [2.24, 2.45) is 0 Å². The van der Waals surface area contributed by atoms with E-state index in [1.165, 1.54) is 24.1 Å². The Balaban J connectivity index is 1.45. The number of halogens is 1. The van der Waals surface area contributed by atoms with Crippen molar-refractivity contribution in [3.05, 3.63) is 70.7 Å². The van der Waals surface area contributed by atoms with Crippen molar-refractivity contribution >= 4 is 11.6 Å². The molecule has 3 heteroatoms. The lowest BCUT2D eigenvalue weighted by molar-refractivity contribution is 0.320. The van der Waals surface area contributed by atoms with Gasteiger partial charge in [-0.3, -0.25) is 4.90 Å². The van der Waals surface area contributed by atoms with Crippen LogP contribution in [0.25, 0.3) is 0 Å². The van der Waals surface area contributed by atoms with Gasteiger partial charge in [0.2, 0.25) is 0 Å². The predicted molar refractivity (Wildman–Crippen MR) is 88.4 cm³/mol. The van der Waals surface area contributed by atoms with Crippen LogP contribution in [0.15, 0.2) is 54.6 Å². The first-order valence-electron chi connectivity index (χ1n) is 7.54. The van der Waals surface area contributed by atoms with E-state index in [-0.39, 0.29) is 0 Å². The minimum Gasteiger partial charge on any atom is -0.309 e. The highest BCUT2D eigenvalue weighted by molar-refractivity contribution is 6.30. The van der Waals surface area contributed by atoms with E-state index in [1.807, 2.05) is 12.1 Å². The lowest BCUT2D eigenvalue weighted by atomic mass is 10.2. The molecular weight excluding hydrogens is 280 g/mol. The van der Waals surface area contributed by atoms with Crippen LogP contribution in [0.4, 0.5) is 0 Å². The maximum Gasteiger partial charge on any atom is 0.0406 e. The Morgan fingerprint density at radius 2 is 1.76 bits per heavy atom. The molecule has 3 rings (SSSR count). The van der Waals surface area contributed by atoms with Crippen molar-refractivity contribution in [2.75, 3.05) is 13.1 Å². The molecule has 110 valence electrons. The quantitative estimate of drug-likeness (QED) is 0.905. The molecule has 1 heterocycles. The summed E-state index contributed by atoms with van der Waals surface area (Å²) < 4.78 is 0. The fraction of sp³-hybridized carbons (Fsp3) is 0.333. The zero-order valence-electron chi connectivity index (χ0n) is 12.1. The SMILES string of the molecule is Clc1ccc(CN[C@H]2CCN(Cc3ccccc3)C2)cc1. The van der Waals surface area contributed by atoms with E-state index in [9.17, 15) is 0 Å². The molecule has 0 aliphatic carbocycles. The van der Waals surface area contributed by atoms with Gasteiger partial charge in [0.1, 0.15) is 0 Å². The second-order valence-corrected chi connectivity index (χ2v) is 6.15. The van der Waals surface area contributed by atoms with Gasteiger partial charge in [-0.2, -0.15) is 0 Å². The summed E-state index contributed by atoms with van der Waals surface area (Å²) in [5.74, 6) is 0. The Morgan fingerprint density at radius 3 is 2.52 bits per heavy atom. The molecule has 0 aromatic heterocycles. The fourth-order valence-corrected chi connectivity index (χ4v) is 2.97. The van der Waals surface area contributed by atoms with E-state index in [2.05, 4.69) is 52.7 Å². The fourth-order valence-electron chi connectivity index (χ4n) is 2.85. The van der Waals surface area contributed by atoms with Gasteiger partial charge in [-0.25, -0.2) is 0 Å². The largest absolute Gasteiger partial charge is 0.309 e. The number of benzene rings is 2. The van der Waals surface area contributed by atoms with Gasteiger partial charge in [0.15, 0.2) is 0 Å². The van der Waals surface area contributed by atoms with E-state index < -0.39 is 0 Å². The summed E-state index contributed by atoms with van der Waals surface area (Å²) in [6, 6.07) is 19.4.